The summed E-state index contributed by atoms with van der Waals surface area (Å²) in [5.41, 5.74) is -0.850. The number of sulfonamides is 1. The van der Waals surface area contributed by atoms with Gasteiger partial charge >= 0.3 is 45.0 Å². The van der Waals surface area contributed by atoms with Gasteiger partial charge in [-0.2, -0.15) is 30.0 Å². The fraction of sp³-hybridized carbons (Fsp3) is 0.516. The number of para-hydroxylation sites is 1. The number of Topliss-reactive ketones (excluding diaryl/α,β-unsaturated/α-hetero) is 1. The van der Waals surface area contributed by atoms with E-state index in [1.54, 1.807) is 62.1 Å². The Hall–Kier alpha value is -10.00. The van der Waals surface area contributed by atoms with Crippen LogP contribution in [0, 0.1) is 5.82 Å². The van der Waals surface area contributed by atoms with Crippen molar-refractivity contribution in [2.45, 2.75) is 186 Å². The maximum atomic E-state index is 14.8. The Labute approximate surface area is 746 Å². The zero-order chi connectivity index (χ0) is 93.6. The average molecular weight is 1810 g/mol. The molecule has 26 nitrogen and oxygen atoms in total. The van der Waals surface area contributed by atoms with Crippen molar-refractivity contribution in [3.63, 3.8) is 0 Å². The maximum Gasteiger partial charge on any atom is 0.516 e. The highest BCUT2D eigenvalue weighted by Crippen LogP contribution is 2.49. The first-order chi connectivity index (χ1) is 60.6. The van der Waals surface area contributed by atoms with Crippen LogP contribution in [0.15, 0.2) is 146 Å². The Bertz CT molecular complexity index is 4990. The molecule has 3 spiro atoms. The number of anilines is 3. The number of nitrogens with zero attached hydrogens (tertiary/aromatic N) is 7. The molecule has 4 amide bonds. The minimum atomic E-state index is -5.30. The summed E-state index contributed by atoms with van der Waals surface area (Å²) in [6, 6.07) is 37.6. The summed E-state index contributed by atoms with van der Waals surface area (Å²) >= 11 is 0. The van der Waals surface area contributed by atoms with Crippen LogP contribution in [0.2, 0.25) is 0 Å². The van der Waals surface area contributed by atoms with Crippen molar-refractivity contribution in [3.05, 3.63) is 185 Å². The normalized spacial score (nSPS) is 17.7. The number of carbonyl (C=O) groups is 5. The molecule has 9 aliphatic heterocycles. The number of fused-ring (bicyclic) bond motifs is 3. The van der Waals surface area contributed by atoms with Gasteiger partial charge in [0.15, 0.2) is 11.5 Å². The summed E-state index contributed by atoms with van der Waals surface area (Å²) in [6.07, 6.45) is 16.0. The maximum absolute atomic E-state index is 14.8. The summed E-state index contributed by atoms with van der Waals surface area (Å²) in [6.45, 7) is 31.6. The van der Waals surface area contributed by atoms with E-state index >= 15 is 0 Å². The summed E-state index contributed by atoms with van der Waals surface area (Å²) in [4.78, 5) is 73.9. The van der Waals surface area contributed by atoms with Gasteiger partial charge in [0.2, 0.25) is 0 Å². The van der Waals surface area contributed by atoms with Gasteiger partial charge in [-0.25, -0.2) is 14.0 Å². The Morgan fingerprint density at radius 1 is 0.543 bits per heavy atom. The van der Waals surface area contributed by atoms with E-state index in [9.17, 15) is 62.8 Å². The van der Waals surface area contributed by atoms with Gasteiger partial charge in [-0.05, 0) is 229 Å². The van der Waals surface area contributed by atoms with Crippen LogP contribution in [-0.2, 0) is 33.8 Å². The molecule has 6 fully saturated rings. The third-order valence-electron chi connectivity index (χ3n) is 22.9. The molecule has 0 unspecified atom stereocenters. The molecule has 6 saturated heterocycles. The minimum absolute atomic E-state index is 0.0175. The first-order valence-corrected chi connectivity index (χ1v) is 46.8. The van der Waals surface area contributed by atoms with Crippen molar-refractivity contribution in [2.24, 2.45) is 0 Å². The second kappa shape index (κ2) is 44.3. The Kier molecular flexibility index (Phi) is 34.6. The molecule has 0 aromatic heterocycles. The van der Waals surface area contributed by atoms with Crippen LogP contribution in [0.3, 0.4) is 0 Å². The van der Waals surface area contributed by atoms with Crippen molar-refractivity contribution < 1.29 is 102 Å². The lowest BCUT2D eigenvalue weighted by atomic mass is 9.80. The number of carbonyl (C=O) groups excluding carboxylic acids is 5. The first-order valence-electron chi connectivity index (χ1n) is 44.2. The van der Waals surface area contributed by atoms with Crippen LogP contribution < -0.4 is 44.4 Å². The summed E-state index contributed by atoms with van der Waals surface area (Å²) < 4.78 is 149. The quantitative estimate of drug-likeness (QED) is 0.0447. The fourth-order valence-electron chi connectivity index (χ4n) is 16.3. The highest BCUT2D eigenvalue weighted by Gasteiger charge is 2.50. The Balaban J connectivity index is 0.000000181. The number of piperidine rings is 3. The number of hydrogen-bond acceptors (Lipinski definition) is 21. The van der Waals surface area contributed by atoms with Gasteiger partial charge in [0, 0.05) is 141 Å². The number of halogens is 5. The van der Waals surface area contributed by atoms with Crippen molar-refractivity contribution >= 4 is 90.9 Å². The molecule has 0 radical (unpaired) electrons. The van der Waals surface area contributed by atoms with Gasteiger partial charge in [-0.1, -0.05) is 60.7 Å². The standard InChI is InChI=1S/C24H27FN2O2.C23H32N2O6S.C22H30N2O4.C11H16BNO3.C8H8F3NO2S.C4H9N.CH3F/c1-3-27(4-2)23(28)18-10-8-17(9-11-18)19-16-24(12-14-26-15-13-24)29-21-7-5-6-20(25)22(19)21;1-22(2,3)30-21(26)25-14-10-23(11-15-25)16-19(31-32(4,27)28)20-17(24-12-5-6-13-24)8-7-9-18(20)29-23;1-21(2,3)28-20(26)24-13-9-22(10-14-24)15-17(25)19-16(23-11-4-5-12-23)7-6-8-18(19)27-22;1-3-13(4-2)11(14)9-5-7-10(8-6-9)12(15)16;1-12(7-5-3-2-4-6-7)15(13,14)8(9,10)11;1-2-4-5-3-1;1-2/h5-11,16,26H,3-4,12-15H2,1-2H3;7-9,16H,5-6,10-15H2,1-4H3;6-8H,4-5,9-15H2,1-3H3;5-8,15-16H,3-4H2,1-2H3;2-6H,1H3;5H,1-4H2;1H3/i;;;;;;1D. The molecule has 9 heterocycles. The molecule has 0 atom stereocenters. The molecule has 6 aromatic carbocycles. The van der Waals surface area contributed by atoms with Crippen LogP contribution in [0.5, 0.6) is 17.2 Å². The predicted octanol–water partition coefficient (Wildman–Crippen LogP) is 14.8. The summed E-state index contributed by atoms with van der Waals surface area (Å²) in [5, 5.41) is 24.4. The summed E-state index contributed by atoms with van der Waals surface area (Å²) in [5.74, 6) is 2.06. The topological polar surface area (TPSA) is 296 Å². The van der Waals surface area contributed by atoms with E-state index in [4.69, 9.17) is 39.3 Å². The van der Waals surface area contributed by atoms with Crippen LogP contribution in [0.25, 0.3) is 11.3 Å². The van der Waals surface area contributed by atoms with Crippen molar-refractivity contribution in [3.8, 4) is 17.2 Å². The van der Waals surface area contributed by atoms with E-state index in [2.05, 4.69) is 26.5 Å². The molecule has 34 heteroatoms. The van der Waals surface area contributed by atoms with Gasteiger partial charge < -0.3 is 77.9 Å². The second-order valence-electron chi connectivity index (χ2n) is 34.3. The number of nitrogens with one attached hydrogen (secondary N) is 2. The monoisotopic (exact) mass is 1810 g/mol. The van der Waals surface area contributed by atoms with Crippen molar-refractivity contribution in [2.75, 3.05) is 139 Å². The lowest BCUT2D eigenvalue weighted by Crippen LogP contribution is -2.53. The molecule has 4 N–H and O–H groups in total. The third-order valence-corrected chi connectivity index (χ3v) is 24.9. The number of amides is 4. The molecule has 694 valence electrons. The van der Waals surface area contributed by atoms with E-state index in [1.807, 2.05) is 136 Å². The minimum Gasteiger partial charge on any atom is -0.486 e. The number of alkyl halides is 4. The van der Waals surface area contributed by atoms with Gasteiger partial charge in [0.25, 0.3) is 11.8 Å². The SMILES string of the molecule is C1CCNC1.CC(C)(C)OC(=O)N1CCC2(C=C(OS(C)(=O)=O)c3c(cccc3N3CCCC3)O2)CC1.CC(C)(C)OC(=O)N1CCC2(CC1)CC(=O)c1c(cccc1N1CCCC1)O2.CCN(CC)C(=O)c1ccc(B(O)O)cc1.CCN(CC)C(=O)c1ccc(C2=CC3(CCNCC3)Oc3cccc(F)c32)cc1.CN(c1ccccc1)S(=O)(=O)C(F)(F)F.[2H]CF. The Morgan fingerprint density at radius 3 is 1.40 bits per heavy atom. The highest BCUT2D eigenvalue weighted by atomic mass is 32.2. The molecule has 6 aromatic rings. The van der Waals surface area contributed by atoms with Crippen LogP contribution in [0.4, 0.5) is 48.6 Å². The van der Waals surface area contributed by atoms with Gasteiger partial charge in [-0.3, -0.25) is 23.1 Å². The number of likely N-dealkylation sites (tertiary alicyclic amines) is 2. The zero-order valence-corrected chi connectivity index (χ0v) is 76.6. The van der Waals surface area contributed by atoms with Crippen LogP contribution in [-0.4, -0.2) is 242 Å². The smallest absolute Gasteiger partial charge is 0.486 e. The van der Waals surface area contributed by atoms with E-state index in [-0.39, 0.29) is 45.6 Å². The molecule has 127 heavy (non-hydrogen) atoms. The number of benzene rings is 6. The summed E-state index contributed by atoms with van der Waals surface area (Å²) in [7, 11) is -10.7. The van der Waals surface area contributed by atoms with E-state index < -0.39 is 67.9 Å². The van der Waals surface area contributed by atoms with E-state index in [1.165, 1.54) is 69.1 Å². The number of ketones is 1. The number of hydrogen-bond donors (Lipinski definition) is 4. The largest absolute Gasteiger partial charge is 0.516 e. The molecule has 15 rings (SSSR count). The van der Waals surface area contributed by atoms with Gasteiger partial charge in [0.1, 0.15) is 51.1 Å². The first kappa shape index (κ1) is 99.2. The highest BCUT2D eigenvalue weighted by molar-refractivity contribution is 7.93. The van der Waals surface area contributed by atoms with Crippen molar-refractivity contribution in [1.29, 1.82) is 0 Å². The van der Waals surface area contributed by atoms with Gasteiger partial charge in [0.05, 0.1) is 55.0 Å². The van der Waals surface area contributed by atoms with E-state index in [0.29, 0.717) is 135 Å². The molecular formula is C93H125BF5N9O17S2. The van der Waals surface area contributed by atoms with Gasteiger partial charge in [-0.15, -0.1) is 0 Å². The predicted molar refractivity (Wildman–Crippen MR) is 485 cm³/mol. The fourth-order valence-corrected chi connectivity index (χ4v) is 17.4. The van der Waals surface area contributed by atoms with E-state index in [0.717, 1.165) is 106 Å². The van der Waals surface area contributed by atoms with Crippen molar-refractivity contribution in [1.82, 2.24) is 30.2 Å². The lowest BCUT2D eigenvalue weighted by molar-refractivity contribution is -0.0437. The molecule has 0 aliphatic carbocycles. The molecular weight excluding hydrogens is 1690 g/mol. The third kappa shape index (κ3) is 26.8. The average Bonchev–Trinajstić information content (AvgIpc) is 1.02. The lowest BCUT2D eigenvalue weighted by Gasteiger charge is -2.44. The number of rotatable bonds is 14. The zero-order valence-electron chi connectivity index (χ0n) is 76.0. The van der Waals surface area contributed by atoms with Crippen LogP contribution >= 0.6 is 0 Å². The van der Waals surface area contributed by atoms with Crippen LogP contribution in [0.1, 0.15) is 202 Å². The molecule has 9 aliphatic rings. The Morgan fingerprint density at radius 2 is 0.969 bits per heavy atom. The second-order valence-corrected chi connectivity index (χ2v) is 37.8. The number of ether oxygens (including phenoxy) is 5. The molecule has 0 saturated carbocycles. The molecule has 0 bridgehead atoms.